The first-order valence-electron chi connectivity index (χ1n) is 8.41. The molecule has 6 nitrogen and oxygen atoms in total. The summed E-state index contributed by atoms with van der Waals surface area (Å²) in [5.74, 6) is -0.478. The van der Waals surface area contributed by atoms with Crippen molar-refractivity contribution >= 4 is 45.2 Å². The molecule has 0 fully saturated rings. The van der Waals surface area contributed by atoms with Crippen molar-refractivity contribution in [1.29, 1.82) is 0 Å². The van der Waals surface area contributed by atoms with Gasteiger partial charge in [0.25, 0.3) is 5.91 Å². The van der Waals surface area contributed by atoms with Crippen molar-refractivity contribution in [3.05, 3.63) is 53.7 Å². The second-order valence-electron chi connectivity index (χ2n) is 5.88. The Balaban J connectivity index is 1.38. The minimum atomic E-state index is -0.451. The number of fused-ring (bicyclic) bond motifs is 1. The molecule has 0 unspecified atom stereocenters. The maximum atomic E-state index is 11.9. The van der Waals surface area contributed by atoms with Gasteiger partial charge in [0, 0.05) is 11.9 Å². The van der Waals surface area contributed by atoms with Gasteiger partial charge in [0.2, 0.25) is 0 Å². The summed E-state index contributed by atoms with van der Waals surface area (Å²) in [5, 5.41) is 6.38. The van der Waals surface area contributed by atoms with Crippen LogP contribution in [0, 0.1) is 0 Å². The largest absolute Gasteiger partial charge is 0.455 e. The molecule has 1 N–H and O–H groups in total. The molecule has 3 rings (SSSR count). The third-order valence-electron chi connectivity index (χ3n) is 3.89. The Hall–Kier alpha value is -2.45. The van der Waals surface area contributed by atoms with Crippen molar-refractivity contribution in [3.8, 4) is 0 Å². The van der Waals surface area contributed by atoms with Gasteiger partial charge < -0.3 is 10.1 Å². The molecule has 0 radical (unpaired) electrons. The molecular formula is C19H19N3O3S2. The van der Waals surface area contributed by atoms with Crippen LogP contribution in [0.1, 0.15) is 18.4 Å². The molecule has 2 aromatic heterocycles. The second kappa shape index (κ2) is 9.48. The highest BCUT2D eigenvalue weighted by molar-refractivity contribution is 8.00. The SMILES string of the molecule is C[C@H](CNC(=O)COC(=O)CSc1ncnc2sccc12)c1ccccc1. The van der Waals surface area contributed by atoms with E-state index in [-0.39, 0.29) is 24.2 Å². The number of aromatic nitrogens is 2. The van der Waals surface area contributed by atoms with Crippen LogP contribution >= 0.6 is 23.1 Å². The maximum absolute atomic E-state index is 11.9. The third-order valence-corrected chi connectivity index (χ3v) is 5.69. The van der Waals surface area contributed by atoms with E-state index in [1.165, 1.54) is 29.4 Å². The fraction of sp³-hybridized carbons (Fsp3) is 0.263. The number of hydrogen-bond acceptors (Lipinski definition) is 7. The summed E-state index contributed by atoms with van der Waals surface area (Å²) in [4.78, 5) is 33.0. The molecule has 2 heterocycles. The predicted octanol–water partition coefficient (Wildman–Crippen LogP) is 3.25. The number of thiophene rings is 1. The first kappa shape index (κ1) is 19.3. The van der Waals surface area contributed by atoms with Crippen LogP contribution < -0.4 is 5.32 Å². The van der Waals surface area contributed by atoms with Gasteiger partial charge in [0.15, 0.2) is 6.61 Å². The highest BCUT2D eigenvalue weighted by Crippen LogP contribution is 2.27. The van der Waals surface area contributed by atoms with Crippen molar-refractivity contribution in [1.82, 2.24) is 15.3 Å². The summed E-state index contributed by atoms with van der Waals surface area (Å²) < 4.78 is 5.04. The average Bonchev–Trinajstić information content (AvgIpc) is 3.19. The summed E-state index contributed by atoms with van der Waals surface area (Å²) in [7, 11) is 0. The monoisotopic (exact) mass is 401 g/mol. The minimum absolute atomic E-state index is 0.0929. The Morgan fingerprint density at radius 2 is 2.04 bits per heavy atom. The second-order valence-corrected chi connectivity index (χ2v) is 7.74. The number of ether oxygens (including phenoxy) is 1. The lowest BCUT2D eigenvalue weighted by Gasteiger charge is -2.13. The molecule has 1 atom stereocenters. The topological polar surface area (TPSA) is 81.2 Å². The van der Waals surface area contributed by atoms with Crippen LogP contribution in [0.5, 0.6) is 0 Å². The number of hydrogen-bond donors (Lipinski definition) is 1. The molecule has 0 spiro atoms. The summed E-state index contributed by atoms with van der Waals surface area (Å²) in [6, 6.07) is 11.9. The van der Waals surface area contributed by atoms with E-state index in [2.05, 4.69) is 15.3 Å². The molecule has 0 saturated heterocycles. The summed E-state index contributed by atoms with van der Waals surface area (Å²) in [5.41, 5.74) is 1.15. The molecule has 0 aliphatic heterocycles. The first-order chi connectivity index (χ1) is 13.1. The number of nitrogens with one attached hydrogen (secondary N) is 1. The molecule has 0 saturated carbocycles. The molecule has 0 bridgehead atoms. The van der Waals surface area contributed by atoms with E-state index in [9.17, 15) is 9.59 Å². The summed E-state index contributed by atoms with van der Waals surface area (Å²) >= 11 is 2.80. The van der Waals surface area contributed by atoms with Gasteiger partial charge in [-0.15, -0.1) is 11.3 Å². The van der Waals surface area contributed by atoms with Crippen molar-refractivity contribution in [2.24, 2.45) is 0 Å². The Morgan fingerprint density at radius 3 is 2.85 bits per heavy atom. The van der Waals surface area contributed by atoms with Crippen LogP contribution in [-0.2, 0) is 14.3 Å². The molecule has 140 valence electrons. The van der Waals surface area contributed by atoms with Crippen LogP contribution in [-0.4, -0.2) is 40.7 Å². The molecular weight excluding hydrogens is 382 g/mol. The summed E-state index contributed by atoms with van der Waals surface area (Å²) in [6.45, 7) is 2.25. The highest BCUT2D eigenvalue weighted by Gasteiger charge is 2.12. The lowest BCUT2D eigenvalue weighted by molar-refractivity contribution is -0.145. The molecule has 3 aromatic rings. The lowest BCUT2D eigenvalue weighted by atomic mass is 10.0. The van der Waals surface area contributed by atoms with Crippen LogP contribution in [0.15, 0.2) is 53.1 Å². The van der Waals surface area contributed by atoms with E-state index in [1.807, 2.05) is 48.7 Å². The Bertz CT molecular complexity index is 915. The number of nitrogens with zero attached hydrogens (tertiary/aromatic N) is 2. The Labute approximate surface area is 165 Å². The zero-order valence-electron chi connectivity index (χ0n) is 14.8. The zero-order chi connectivity index (χ0) is 19.1. The van der Waals surface area contributed by atoms with E-state index in [0.717, 1.165) is 20.8 Å². The van der Waals surface area contributed by atoms with Crippen molar-refractivity contribution in [2.45, 2.75) is 17.9 Å². The van der Waals surface area contributed by atoms with Gasteiger partial charge in [-0.1, -0.05) is 49.0 Å². The molecule has 0 aliphatic carbocycles. The van der Waals surface area contributed by atoms with Crippen LogP contribution in [0.3, 0.4) is 0 Å². The number of carbonyl (C=O) groups excluding carboxylic acids is 2. The smallest absolute Gasteiger partial charge is 0.316 e. The van der Waals surface area contributed by atoms with Gasteiger partial charge in [-0.3, -0.25) is 9.59 Å². The molecule has 8 heteroatoms. The molecule has 1 amide bonds. The van der Waals surface area contributed by atoms with Gasteiger partial charge in [0.05, 0.1) is 5.75 Å². The standard InChI is InChI=1S/C19H19N3O3S2/c1-13(14-5-3-2-4-6-14)9-20-16(23)10-25-17(24)11-27-19-15-7-8-26-18(15)21-12-22-19/h2-8,12-13H,9-11H2,1H3,(H,20,23)/t13-/m1/s1. The third kappa shape index (κ3) is 5.51. The van der Waals surface area contributed by atoms with E-state index in [0.29, 0.717) is 6.54 Å². The fourth-order valence-corrected chi connectivity index (χ4v) is 3.99. The summed E-state index contributed by atoms with van der Waals surface area (Å²) in [6.07, 6.45) is 1.48. The lowest BCUT2D eigenvalue weighted by Crippen LogP contribution is -2.31. The Morgan fingerprint density at radius 1 is 1.22 bits per heavy atom. The number of esters is 1. The maximum Gasteiger partial charge on any atom is 0.316 e. The molecule has 1 aromatic carbocycles. The predicted molar refractivity (Wildman–Crippen MR) is 107 cm³/mol. The minimum Gasteiger partial charge on any atom is -0.455 e. The zero-order valence-corrected chi connectivity index (χ0v) is 16.4. The van der Waals surface area contributed by atoms with Crippen LogP contribution in [0.2, 0.25) is 0 Å². The van der Waals surface area contributed by atoms with Crippen molar-refractivity contribution < 1.29 is 14.3 Å². The van der Waals surface area contributed by atoms with E-state index in [4.69, 9.17) is 4.74 Å². The average molecular weight is 402 g/mol. The van der Waals surface area contributed by atoms with E-state index < -0.39 is 5.97 Å². The molecule has 27 heavy (non-hydrogen) atoms. The van der Waals surface area contributed by atoms with Crippen LogP contribution in [0.25, 0.3) is 10.2 Å². The van der Waals surface area contributed by atoms with Crippen molar-refractivity contribution in [3.63, 3.8) is 0 Å². The van der Waals surface area contributed by atoms with E-state index in [1.54, 1.807) is 0 Å². The Kier molecular flexibility index (Phi) is 6.78. The first-order valence-corrected chi connectivity index (χ1v) is 10.3. The normalized spacial score (nSPS) is 11.9. The number of carbonyl (C=O) groups is 2. The van der Waals surface area contributed by atoms with Crippen LogP contribution in [0.4, 0.5) is 0 Å². The fourth-order valence-electron chi connectivity index (χ4n) is 2.41. The number of rotatable bonds is 8. The van der Waals surface area contributed by atoms with Gasteiger partial charge in [0.1, 0.15) is 16.2 Å². The molecule has 0 aliphatic rings. The number of amides is 1. The van der Waals surface area contributed by atoms with E-state index >= 15 is 0 Å². The van der Waals surface area contributed by atoms with Gasteiger partial charge in [-0.05, 0) is 22.9 Å². The number of benzene rings is 1. The number of thioether (sulfide) groups is 1. The van der Waals surface area contributed by atoms with Gasteiger partial charge in [-0.25, -0.2) is 9.97 Å². The van der Waals surface area contributed by atoms with Crippen molar-refractivity contribution in [2.75, 3.05) is 18.9 Å². The van der Waals surface area contributed by atoms with Gasteiger partial charge in [-0.2, -0.15) is 0 Å². The van der Waals surface area contributed by atoms with Gasteiger partial charge >= 0.3 is 5.97 Å². The quantitative estimate of drug-likeness (QED) is 0.355. The highest BCUT2D eigenvalue weighted by atomic mass is 32.2.